The summed E-state index contributed by atoms with van der Waals surface area (Å²) in [4.78, 5) is 0. The summed E-state index contributed by atoms with van der Waals surface area (Å²) < 4.78 is 19.2. The molecule has 6 heterocycles. The van der Waals surface area contributed by atoms with Gasteiger partial charge in [0.2, 0.25) is 0 Å². The Labute approximate surface area is 449 Å². The quantitative estimate of drug-likeness (QED) is 0.169. The van der Waals surface area contributed by atoms with Gasteiger partial charge in [0, 0.05) is 91.4 Å². The summed E-state index contributed by atoms with van der Waals surface area (Å²) in [6.45, 7) is 0. The molecule has 0 saturated carbocycles. The predicted molar refractivity (Wildman–Crippen MR) is 329 cm³/mol. The van der Waals surface area contributed by atoms with Gasteiger partial charge in [-0.1, -0.05) is 121 Å². The smallest absolute Gasteiger partial charge is 0.145 e. The van der Waals surface area contributed by atoms with E-state index in [-0.39, 0.29) is 0 Å². The van der Waals surface area contributed by atoms with Crippen molar-refractivity contribution in [2.45, 2.75) is 0 Å². The van der Waals surface area contributed by atoms with E-state index in [4.69, 9.17) is 4.42 Å². The molecule has 0 radical (unpaired) electrons. The van der Waals surface area contributed by atoms with Crippen molar-refractivity contribution in [3.8, 4) is 33.9 Å². The van der Waals surface area contributed by atoms with Gasteiger partial charge < -0.3 is 22.7 Å². The van der Waals surface area contributed by atoms with Gasteiger partial charge >= 0.3 is 0 Å². The lowest BCUT2D eigenvalue weighted by Crippen LogP contribution is -1.94. The van der Waals surface area contributed by atoms with E-state index in [1.165, 1.54) is 102 Å². The summed E-state index contributed by atoms with van der Waals surface area (Å²) in [7, 11) is 0. The molecule has 0 aliphatic carbocycles. The fourth-order valence-corrected chi connectivity index (χ4v) is 14.4. The molecular formula is C72H42N4OS. The van der Waals surface area contributed by atoms with Crippen molar-refractivity contribution < 1.29 is 4.42 Å². The molecule has 0 amide bonds. The van der Waals surface area contributed by atoms with E-state index in [1.807, 2.05) is 11.3 Å². The Hall–Kier alpha value is -10.1. The number of furan rings is 1. The molecule has 0 aliphatic heterocycles. The van der Waals surface area contributed by atoms with E-state index in [1.54, 1.807) is 0 Å². The van der Waals surface area contributed by atoms with Gasteiger partial charge in [0.15, 0.2) is 0 Å². The number of fused-ring (bicyclic) bond motifs is 19. The summed E-state index contributed by atoms with van der Waals surface area (Å²) in [5.41, 5.74) is 18.2. The van der Waals surface area contributed by atoms with Crippen LogP contribution in [0.1, 0.15) is 0 Å². The summed E-state index contributed by atoms with van der Waals surface area (Å²) >= 11 is 1.86. The molecule has 18 aromatic rings. The van der Waals surface area contributed by atoms with Gasteiger partial charge in [-0.2, -0.15) is 0 Å². The highest BCUT2D eigenvalue weighted by atomic mass is 32.1. The lowest BCUT2D eigenvalue weighted by atomic mass is 10.0. The number of para-hydroxylation sites is 6. The molecule has 0 saturated heterocycles. The Kier molecular flexibility index (Phi) is 8.49. The van der Waals surface area contributed by atoms with Crippen LogP contribution in [0, 0.1) is 0 Å². The van der Waals surface area contributed by atoms with Gasteiger partial charge in [0.25, 0.3) is 0 Å². The van der Waals surface area contributed by atoms with E-state index in [0.717, 1.165) is 60.9 Å². The third-order valence-corrected chi connectivity index (χ3v) is 17.9. The topological polar surface area (TPSA) is 32.9 Å². The third-order valence-electron chi connectivity index (χ3n) is 16.7. The zero-order valence-electron chi connectivity index (χ0n) is 41.9. The van der Waals surface area contributed by atoms with Crippen LogP contribution < -0.4 is 0 Å². The Balaban J connectivity index is 0.767. The molecule has 0 fully saturated rings. The van der Waals surface area contributed by atoms with Crippen molar-refractivity contribution in [2.24, 2.45) is 0 Å². The average molecular weight is 1010 g/mol. The molecule has 0 bridgehead atoms. The maximum atomic E-state index is 7.02. The highest BCUT2D eigenvalue weighted by molar-refractivity contribution is 7.25. The second-order valence-electron chi connectivity index (χ2n) is 20.8. The second-order valence-corrected chi connectivity index (χ2v) is 21.9. The molecule has 0 aliphatic rings. The standard InChI is InChI=1S/C72H42N4OS/c1-2-14-45(15-3-1)73-62-23-11-6-18-51(62)55-38-43(26-32-65(55)73)44-27-33-66-56(39-44)52-19-7-12-24-63(52)75(66)46-28-35-68-57(40-46)53-31-34-67-71(72(53)77-68)54-20-8-13-25-64(54)76(67)48-30-37-70-59(42-48)58-41-47(29-36-69(58)78-70)74-60-21-9-4-16-49(60)50-17-5-10-22-61(50)74/h1-42H. The van der Waals surface area contributed by atoms with Crippen LogP contribution in [0.2, 0.25) is 0 Å². The van der Waals surface area contributed by atoms with Crippen LogP contribution in [-0.4, -0.2) is 18.3 Å². The Morgan fingerprint density at radius 3 is 1.18 bits per heavy atom. The van der Waals surface area contributed by atoms with Crippen molar-refractivity contribution in [2.75, 3.05) is 0 Å². The van der Waals surface area contributed by atoms with Crippen LogP contribution in [0.3, 0.4) is 0 Å². The van der Waals surface area contributed by atoms with E-state index in [2.05, 4.69) is 273 Å². The molecule has 78 heavy (non-hydrogen) atoms. The van der Waals surface area contributed by atoms with E-state index >= 15 is 0 Å². The van der Waals surface area contributed by atoms with Crippen molar-refractivity contribution >= 4 is 141 Å². The van der Waals surface area contributed by atoms with Crippen molar-refractivity contribution in [1.82, 2.24) is 18.3 Å². The van der Waals surface area contributed by atoms with Gasteiger partial charge in [-0.25, -0.2) is 0 Å². The lowest BCUT2D eigenvalue weighted by Gasteiger charge is -2.10. The fourth-order valence-electron chi connectivity index (χ4n) is 13.4. The van der Waals surface area contributed by atoms with Crippen LogP contribution in [-0.2, 0) is 0 Å². The van der Waals surface area contributed by atoms with Crippen LogP contribution in [0.4, 0.5) is 0 Å². The molecule has 0 N–H and O–H groups in total. The van der Waals surface area contributed by atoms with E-state index in [0.29, 0.717) is 0 Å². The number of thiophene rings is 1. The van der Waals surface area contributed by atoms with Gasteiger partial charge in [-0.15, -0.1) is 11.3 Å². The number of hydrogen-bond acceptors (Lipinski definition) is 2. The number of rotatable bonds is 5. The summed E-state index contributed by atoms with van der Waals surface area (Å²) in [5.74, 6) is 0. The SMILES string of the molecule is c1ccc(-n2c3ccccc3c3cc(-c4ccc5c(c4)c4ccccc4n5-c4ccc5oc6c(ccc7c6c6ccccc6n7-c6ccc7sc8ccc(-n9c%10ccccc%10c%10ccccc%109)cc8c7c6)c5c4)ccc32)cc1. The van der Waals surface area contributed by atoms with Gasteiger partial charge in [0.05, 0.1) is 49.5 Å². The van der Waals surface area contributed by atoms with Crippen molar-refractivity contribution in [1.29, 1.82) is 0 Å². The summed E-state index contributed by atoms with van der Waals surface area (Å²) in [6.07, 6.45) is 0. The Morgan fingerprint density at radius 1 is 0.244 bits per heavy atom. The Bertz CT molecular complexity index is 5530. The molecule has 362 valence electrons. The molecule has 12 aromatic carbocycles. The Morgan fingerprint density at radius 2 is 0.641 bits per heavy atom. The molecular weight excluding hydrogens is 969 g/mol. The fraction of sp³-hybridized carbons (Fsp3) is 0. The zero-order chi connectivity index (χ0) is 50.7. The van der Waals surface area contributed by atoms with Gasteiger partial charge in [-0.05, 0) is 145 Å². The molecule has 5 nitrogen and oxygen atoms in total. The minimum absolute atomic E-state index is 0.871. The normalized spacial score (nSPS) is 12.4. The van der Waals surface area contributed by atoms with E-state index < -0.39 is 0 Å². The minimum atomic E-state index is 0.871. The first-order valence-corrected chi connectivity index (χ1v) is 27.5. The monoisotopic (exact) mass is 1010 g/mol. The third kappa shape index (κ3) is 5.78. The van der Waals surface area contributed by atoms with Crippen LogP contribution in [0.15, 0.2) is 259 Å². The van der Waals surface area contributed by atoms with E-state index in [9.17, 15) is 0 Å². The number of hydrogen-bond donors (Lipinski definition) is 0. The van der Waals surface area contributed by atoms with Gasteiger partial charge in [-0.3, -0.25) is 0 Å². The summed E-state index contributed by atoms with van der Waals surface area (Å²) in [5, 5.41) is 14.5. The van der Waals surface area contributed by atoms with Crippen LogP contribution in [0.25, 0.3) is 163 Å². The zero-order valence-corrected chi connectivity index (χ0v) is 42.7. The largest absolute Gasteiger partial charge is 0.455 e. The first kappa shape index (κ1) is 42.1. The summed E-state index contributed by atoms with van der Waals surface area (Å²) in [6, 6.07) is 93.6. The predicted octanol–water partition coefficient (Wildman–Crippen LogP) is 20.0. The molecule has 6 aromatic heterocycles. The average Bonchev–Trinajstić information content (AvgIpc) is 4.37. The second kappa shape index (κ2) is 15.7. The molecule has 0 spiro atoms. The van der Waals surface area contributed by atoms with Crippen LogP contribution in [0.5, 0.6) is 0 Å². The van der Waals surface area contributed by atoms with Crippen molar-refractivity contribution in [3.63, 3.8) is 0 Å². The first-order valence-electron chi connectivity index (χ1n) is 26.6. The number of aromatic nitrogens is 4. The molecule has 18 rings (SSSR count). The minimum Gasteiger partial charge on any atom is -0.455 e. The first-order chi connectivity index (χ1) is 38.7. The highest BCUT2D eigenvalue weighted by Crippen LogP contribution is 2.45. The molecule has 0 unspecified atom stereocenters. The molecule has 0 atom stereocenters. The lowest BCUT2D eigenvalue weighted by molar-refractivity contribution is 0.673. The number of benzene rings is 12. The maximum Gasteiger partial charge on any atom is 0.145 e. The maximum absolute atomic E-state index is 7.02. The van der Waals surface area contributed by atoms with Gasteiger partial charge in [0.1, 0.15) is 11.2 Å². The number of nitrogens with zero attached hydrogens (tertiary/aromatic N) is 4. The van der Waals surface area contributed by atoms with Crippen molar-refractivity contribution in [3.05, 3.63) is 255 Å². The van der Waals surface area contributed by atoms with Crippen LogP contribution >= 0.6 is 11.3 Å². The highest BCUT2D eigenvalue weighted by Gasteiger charge is 2.22. The molecule has 6 heteroatoms.